The smallest absolute Gasteiger partial charge is 0.220 e. The normalized spacial score (nSPS) is 30.7. The number of hydrogen-bond donors (Lipinski definition) is 6. The highest BCUT2D eigenvalue weighted by Gasteiger charge is 2.44. The Bertz CT molecular complexity index is 422. The summed E-state index contributed by atoms with van der Waals surface area (Å²) >= 11 is 0. The van der Waals surface area contributed by atoms with Gasteiger partial charge in [-0.2, -0.15) is 0 Å². The molecule has 0 bridgehead atoms. The molecule has 6 N–H and O–H groups in total. The van der Waals surface area contributed by atoms with Crippen molar-refractivity contribution in [2.45, 2.75) is 95.2 Å². The van der Waals surface area contributed by atoms with Crippen LogP contribution in [0.3, 0.4) is 0 Å². The van der Waals surface area contributed by atoms with Crippen LogP contribution in [0.4, 0.5) is 0 Å². The average molecular weight is 393 g/mol. The molecule has 1 aliphatic heterocycles. The van der Waals surface area contributed by atoms with Crippen molar-refractivity contribution in [2.24, 2.45) is 0 Å². The van der Waals surface area contributed by atoms with Gasteiger partial charge in [0.1, 0.15) is 24.4 Å². The summed E-state index contributed by atoms with van der Waals surface area (Å²) in [5.74, 6) is -0.213. The summed E-state index contributed by atoms with van der Waals surface area (Å²) in [6.07, 6.45) is -3.49. The van der Waals surface area contributed by atoms with Gasteiger partial charge in [-0.25, -0.2) is 0 Å². The summed E-state index contributed by atoms with van der Waals surface area (Å²) in [6.45, 7) is 3.22. The number of amides is 1. The van der Waals surface area contributed by atoms with Gasteiger partial charge in [0.2, 0.25) is 5.91 Å². The highest BCUT2D eigenvalue weighted by atomic mass is 16.7. The van der Waals surface area contributed by atoms with Crippen LogP contribution in [-0.2, 0) is 14.3 Å². The molecule has 27 heavy (non-hydrogen) atoms. The van der Waals surface area contributed by atoms with Crippen molar-refractivity contribution < 1.29 is 39.8 Å². The maximum absolute atomic E-state index is 11.9. The second-order valence-electron chi connectivity index (χ2n) is 7.02. The van der Waals surface area contributed by atoms with Crippen molar-refractivity contribution in [3.05, 3.63) is 0 Å². The highest BCUT2D eigenvalue weighted by Crippen LogP contribution is 2.22. The fourth-order valence-electron chi connectivity index (χ4n) is 2.96. The van der Waals surface area contributed by atoms with Crippen molar-refractivity contribution in [3.8, 4) is 0 Å². The minimum absolute atomic E-state index is 0.147. The summed E-state index contributed by atoms with van der Waals surface area (Å²) in [6, 6.07) is -0.701. The molecule has 7 unspecified atom stereocenters. The van der Waals surface area contributed by atoms with E-state index in [0.29, 0.717) is 19.3 Å². The number of ether oxygens (including phenoxy) is 2. The third kappa shape index (κ3) is 7.61. The molecule has 9 nitrogen and oxygen atoms in total. The molecule has 0 aliphatic carbocycles. The molecule has 0 radical (unpaired) electrons. The fourth-order valence-corrected chi connectivity index (χ4v) is 2.96. The molecular formula is C18H35NO8. The second-order valence-corrected chi connectivity index (χ2v) is 7.02. The lowest BCUT2D eigenvalue weighted by Gasteiger charge is -2.40. The number of carbonyl (C=O) groups excluding carboxylic acids is 1. The second kappa shape index (κ2) is 12.6. The standard InChI is InChI=1S/C18H35NO8/c1-3-5-6-8-12(21)11(19-14(22)7-4-2)10-26-18-17(25)16(24)15(23)13(9-20)27-18/h11-13,15-18,20-21,23-25H,3-10H2,1-2H3,(H,19,22). The molecule has 9 heteroatoms. The predicted octanol–water partition coefficient (Wildman–Crippen LogP) is -0.971. The van der Waals surface area contributed by atoms with Gasteiger partial charge in [0, 0.05) is 6.42 Å². The van der Waals surface area contributed by atoms with Crippen molar-refractivity contribution in [1.82, 2.24) is 5.32 Å². The van der Waals surface area contributed by atoms with E-state index in [1.54, 1.807) is 0 Å². The Morgan fingerprint density at radius 3 is 2.41 bits per heavy atom. The molecule has 1 heterocycles. The molecule has 1 aliphatic rings. The van der Waals surface area contributed by atoms with Crippen LogP contribution >= 0.6 is 0 Å². The molecule has 7 atom stereocenters. The van der Waals surface area contributed by atoms with Crippen LogP contribution in [-0.4, -0.2) is 87.5 Å². The van der Waals surface area contributed by atoms with Gasteiger partial charge in [0.25, 0.3) is 0 Å². The maximum Gasteiger partial charge on any atom is 0.220 e. The van der Waals surface area contributed by atoms with Gasteiger partial charge in [0.15, 0.2) is 6.29 Å². The van der Waals surface area contributed by atoms with Gasteiger partial charge in [0.05, 0.1) is 25.4 Å². The summed E-state index contributed by atoms with van der Waals surface area (Å²) in [4.78, 5) is 11.9. The number of rotatable bonds is 12. The Labute approximate surface area is 160 Å². The van der Waals surface area contributed by atoms with E-state index < -0.39 is 49.5 Å². The Balaban J connectivity index is 2.68. The number of aliphatic hydroxyl groups is 5. The first kappa shape index (κ1) is 24.2. The van der Waals surface area contributed by atoms with E-state index in [9.17, 15) is 30.3 Å². The molecule has 0 saturated carbocycles. The number of carbonyl (C=O) groups is 1. The van der Waals surface area contributed by atoms with Crippen LogP contribution in [0.2, 0.25) is 0 Å². The summed E-state index contributed by atoms with van der Waals surface area (Å²) in [7, 11) is 0. The molecule has 1 saturated heterocycles. The van der Waals surface area contributed by atoms with E-state index in [0.717, 1.165) is 19.3 Å². The number of hydrogen-bond acceptors (Lipinski definition) is 8. The Morgan fingerprint density at radius 1 is 1.11 bits per heavy atom. The van der Waals surface area contributed by atoms with Crippen LogP contribution in [0.5, 0.6) is 0 Å². The third-order valence-corrected chi connectivity index (χ3v) is 4.68. The summed E-state index contributed by atoms with van der Waals surface area (Å²) < 4.78 is 10.8. The van der Waals surface area contributed by atoms with E-state index in [-0.39, 0.29) is 12.5 Å². The molecule has 0 spiro atoms. The third-order valence-electron chi connectivity index (χ3n) is 4.68. The minimum atomic E-state index is -1.54. The monoisotopic (exact) mass is 393 g/mol. The van der Waals surface area contributed by atoms with Crippen molar-refractivity contribution in [1.29, 1.82) is 0 Å². The topological polar surface area (TPSA) is 149 Å². The molecule has 0 aromatic heterocycles. The molecule has 160 valence electrons. The molecule has 0 aromatic rings. The molecule has 1 rings (SSSR count). The van der Waals surface area contributed by atoms with Crippen LogP contribution in [0.1, 0.15) is 52.4 Å². The Hall–Kier alpha value is -0.810. The van der Waals surface area contributed by atoms with Crippen LogP contribution in [0.25, 0.3) is 0 Å². The zero-order valence-electron chi connectivity index (χ0n) is 16.2. The SMILES string of the molecule is CCCCCC(O)C(COC1OC(CO)C(O)C(O)C1O)NC(=O)CCC. The van der Waals surface area contributed by atoms with Gasteiger partial charge >= 0.3 is 0 Å². The average Bonchev–Trinajstić information content (AvgIpc) is 2.64. The van der Waals surface area contributed by atoms with Crippen molar-refractivity contribution >= 4 is 5.91 Å². The predicted molar refractivity (Wildman–Crippen MR) is 96.7 cm³/mol. The van der Waals surface area contributed by atoms with E-state index >= 15 is 0 Å². The zero-order chi connectivity index (χ0) is 20.4. The minimum Gasteiger partial charge on any atom is -0.394 e. The quantitative estimate of drug-likeness (QED) is 0.232. The number of unbranched alkanes of at least 4 members (excludes halogenated alkanes) is 2. The maximum atomic E-state index is 11.9. The highest BCUT2D eigenvalue weighted by molar-refractivity contribution is 5.76. The molecular weight excluding hydrogens is 358 g/mol. The van der Waals surface area contributed by atoms with Gasteiger partial charge in [-0.1, -0.05) is 33.1 Å². The van der Waals surface area contributed by atoms with Crippen LogP contribution < -0.4 is 5.32 Å². The number of aliphatic hydroxyl groups excluding tert-OH is 5. The van der Waals surface area contributed by atoms with Crippen molar-refractivity contribution in [3.63, 3.8) is 0 Å². The lowest BCUT2D eigenvalue weighted by Crippen LogP contribution is -2.60. The van der Waals surface area contributed by atoms with Crippen LogP contribution in [0.15, 0.2) is 0 Å². The van der Waals surface area contributed by atoms with Gasteiger partial charge in [-0.3, -0.25) is 4.79 Å². The van der Waals surface area contributed by atoms with Crippen molar-refractivity contribution in [2.75, 3.05) is 13.2 Å². The first-order valence-corrected chi connectivity index (χ1v) is 9.75. The lowest BCUT2D eigenvalue weighted by molar-refractivity contribution is -0.302. The molecule has 0 aromatic carbocycles. The van der Waals surface area contributed by atoms with E-state index in [1.165, 1.54) is 0 Å². The first-order valence-electron chi connectivity index (χ1n) is 9.75. The van der Waals surface area contributed by atoms with Crippen LogP contribution in [0, 0.1) is 0 Å². The van der Waals surface area contributed by atoms with E-state index in [2.05, 4.69) is 12.2 Å². The van der Waals surface area contributed by atoms with E-state index in [4.69, 9.17) is 9.47 Å². The summed E-state index contributed by atoms with van der Waals surface area (Å²) in [5, 5.41) is 52.0. The Morgan fingerprint density at radius 2 is 1.81 bits per heavy atom. The fraction of sp³-hybridized carbons (Fsp3) is 0.944. The largest absolute Gasteiger partial charge is 0.394 e. The zero-order valence-corrected chi connectivity index (χ0v) is 16.2. The Kier molecular flexibility index (Phi) is 11.3. The van der Waals surface area contributed by atoms with Gasteiger partial charge < -0.3 is 40.3 Å². The number of nitrogens with one attached hydrogen (secondary N) is 1. The first-order chi connectivity index (χ1) is 12.8. The van der Waals surface area contributed by atoms with E-state index in [1.807, 2.05) is 6.92 Å². The van der Waals surface area contributed by atoms with Gasteiger partial charge in [-0.15, -0.1) is 0 Å². The summed E-state index contributed by atoms with van der Waals surface area (Å²) in [5.41, 5.74) is 0. The molecule has 1 fully saturated rings. The lowest BCUT2D eigenvalue weighted by atomic mass is 9.99. The van der Waals surface area contributed by atoms with Gasteiger partial charge in [-0.05, 0) is 12.8 Å². The molecule has 1 amide bonds.